The molecule has 150 valence electrons. The van der Waals surface area contributed by atoms with E-state index in [-0.39, 0.29) is 17.4 Å². The summed E-state index contributed by atoms with van der Waals surface area (Å²) in [5.74, 6) is -0.584. The van der Waals surface area contributed by atoms with E-state index in [2.05, 4.69) is 5.32 Å². The van der Waals surface area contributed by atoms with Crippen molar-refractivity contribution in [3.63, 3.8) is 0 Å². The van der Waals surface area contributed by atoms with Crippen molar-refractivity contribution in [2.45, 2.75) is 0 Å². The summed E-state index contributed by atoms with van der Waals surface area (Å²) in [6, 6.07) is 18.2. The summed E-state index contributed by atoms with van der Waals surface area (Å²) in [7, 11) is 3.82. The Balaban J connectivity index is 1.70. The minimum atomic E-state index is -0.532. The zero-order chi connectivity index (χ0) is 20.8. The summed E-state index contributed by atoms with van der Waals surface area (Å²) in [4.78, 5) is 14.5. The van der Waals surface area contributed by atoms with E-state index in [0.29, 0.717) is 24.4 Å². The Kier molecular flexibility index (Phi) is 6.46. The van der Waals surface area contributed by atoms with Crippen LogP contribution < -0.4 is 10.1 Å². The van der Waals surface area contributed by atoms with Crippen LogP contribution in [0.1, 0.15) is 10.4 Å². The molecule has 0 heterocycles. The molecule has 3 aromatic carbocycles. The van der Waals surface area contributed by atoms with Gasteiger partial charge in [0.2, 0.25) is 0 Å². The number of likely N-dealkylation sites (N-methyl/N-ethyl adjacent to an activating group) is 1. The number of nitrogens with zero attached hydrogens (tertiary/aromatic N) is 1. The number of halogens is 1. The molecule has 6 heteroatoms. The summed E-state index contributed by atoms with van der Waals surface area (Å²) in [5.41, 5.74) is 2.36. The van der Waals surface area contributed by atoms with Gasteiger partial charge in [0.15, 0.2) is 11.6 Å². The Morgan fingerprint density at radius 2 is 1.76 bits per heavy atom. The predicted molar refractivity (Wildman–Crippen MR) is 112 cm³/mol. The van der Waals surface area contributed by atoms with Crippen LogP contribution in [0.2, 0.25) is 0 Å². The lowest BCUT2D eigenvalue weighted by Gasteiger charge is -2.12. The van der Waals surface area contributed by atoms with E-state index >= 15 is 0 Å². The SMILES string of the molecule is CN(C)CCOc1ccc(NC(=O)c2cccc(-c3cccc(O)c3)c2)cc1F. The Hall–Kier alpha value is -3.38. The summed E-state index contributed by atoms with van der Waals surface area (Å²) < 4.78 is 19.7. The van der Waals surface area contributed by atoms with Gasteiger partial charge in [-0.3, -0.25) is 4.79 Å². The van der Waals surface area contributed by atoms with Crippen LogP contribution in [0, 0.1) is 5.82 Å². The zero-order valence-electron chi connectivity index (χ0n) is 16.4. The van der Waals surface area contributed by atoms with Gasteiger partial charge in [-0.1, -0.05) is 24.3 Å². The van der Waals surface area contributed by atoms with Gasteiger partial charge in [-0.05, 0) is 61.6 Å². The number of ether oxygens (including phenoxy) is 1. The summed E-state index contributed by atoms with van der Waals surface area (Å²) in [5, 5.41) is 12.3. The molecule has 0 radical (unpaired) electrons. The Morgan fingerprint density at radius 1 is 1.03 bits per heavy atom. The van der Waals surface area contributed by atoms with E-state index in [1.54, 1.807) is 42.5 Å². The van der Waals surface area contributed by atoms with Crippen molar-refractivity contribution in [3.8, 4) is 22.6 Å². The molecule has 1 amide bonds. The molecule has 0 atom stereocenters. The van der Waals surface area contributed by atoms with Gasteiger partial charge in [-0.2, -0.15) is 0 Å². The summed E-state index contributed by atoms with van der Waals surface area (Å²) >= 11 is 0. The fourth-order valence-electron chi connectivity index (χ4n) is 2.76. The maximum atomic E-state index is 14.2. The maximum absolute atomic E-state index is 14.2. The van der Waals surface area contributed by atoms with E-state index in [9.17, 15) is 14.3 Å². The van der Waals surface area contributed by atoms with Gasteiger partial charge in [0.25, 0.3) is 5.91 Å². The molecule has 3 rings (SSSR count). The normalized spacial score (nSPS) is 10.8. The lowest BCUT2D eigenvalue weighted by Crippen LogP contribution is -2.19. The van der Waals surface area contributed by atoms with Crippen LogP contribution in [0.4, 0.5) is 10.1 Å². The van der Waals surface area contributed by atoms with E-state index in [4.69, 9.17) is 4.74 Å². The van der Waals surface area contributed by atoms with Gasteiger partial charge in [0.1, 0.15) is 12.4 Å². The highest BCUT2D eigenvalue weighted by molar-refractivity contribution is 6.05. The molecular formula is C23H23FN2O3. The Labute approximate surface area is 169 Å². The van der Waals surface area contributed by atoms with Crippen molar-refractivity contribution in [2.24, 2.45) is 0 Å². The van der Waals surface area contributed by atoms with Gasteiger partial charge in [-0.25, -0.2) is 4.39 Å². The number of hydrogen-bond donors (Lipinski definition) is 2. The molecule has 0 aliphatic heterocycles. The number of anilines is 1. The van der Waals surface area contributed by atoms with Crippen LogP contribution >= 0.6 is 0 Å². The van der Waals surface area contributed by atoms with Crippen molar-refractivity contribution in [2.75, 3.05) is 32.6 Å². The van der Waals surface area contributed by atoms with Crippen LogP contribution in [0.15, 0.2) is 66.7 Å². The first-order valence-corrected chi connectivity index (χ1v) is 9.20. The zero-order valence-corrected chi connectivity index (χ0v) is 16.4. The van der Waals surface area contributed by atoms with Gasteiger partial charge in [-0.15, -0.1) is 0 Å². The van der Waals surface area contributed by atoms with E-state index in [0.717, 1.165) is 11.1 Å². The quantitative estimate of drug-likeness (QED) is 0.624. The highest BCUT2D eigenvalue weighted by Crippen LogP contribution is 2.25. The average molecular weight is 394 g/mol. The smallest absolute Gasteiger partial charge is 0.255 e. The first-order chi connectivity index (χ1) is 13.9. The minimum absolute atomic E-state index is 0.149. The number of aromatic hydroxyl groups is 1. The first kappa shape index (κ1) is 20.4. The van der Waals surface area contributed by atoms with Gasteiger partial charge in [0.05, 0.1) is 0 Å². The minimum Gasteiger partial charge on any atom is -0.508 e. The highest BCUT2D eigenvalue weighted by Gasteiger charge is 2.11. The van der Waals surface area contributed by atoms with Crippen LogP contribution in [0.25, 0.3) is 11.1 Å². The Morgan fingerprint density at radius 3 is 2.45 bits per heavy atom. The van der Waals surface area contributed by atoms with Gasteiger partial charge in [0, 0.05) is 23.9 Å². The molecule has 2 N–H and O–H groups in total. The molecule has 0 unspecified atom stereocenters. The second kappa shape index (κ2) is 9.21. The number of carbonyl (C=O) groups is 1. The van der Waals surface area contributed by atoms with E-state index < -0.39 is 5.82 Å². The van der Waals surface area contributed by atoms with Crippen molar-refractivity contribution in [1.82, 2.24) is 4.90 Å². The predicted octanol–water partition coefficient (Wildman–Crippen LogP) is 4.39. The van der Waals surface area contributed by atoms with Crippen molar-refractivity contribution in [3.05, 3.63) is 78.1 Å². The van der Waals surface area contributed by atoms with Crippen molar-refractivity contribution in [1.29, 1.82) is 0 Å². The third-order valence-corrected chi connectivity index (χ3v) is 4.29. The molecule has 29 heavy (non-hydrogen) atoms. The number of phenolic OH excluding ortho intramolecular Hbond substituents is 1. The topological polar surface area (TPSA) is 61.8 Å². The summed E-state index contributed by atoms with van der Waals surface area (Å²) in [6.45, 7) is 1.05. The summed E-state index contributed by atoms with van der Waals surface area (Å²) in [6.07, 6.45) is 0. The highest BCUT2D eigenvalue weighted by atomic mass is 19.1. The second-order valence-electron chi connectivity index (χ2n) is 6.88. The molecule has 0 aliphatic rings. The number of amides is 1. The van der Waals surface area contributed by atoms with Gasteiger partial charge >= 0.3 is 0 Å². The molecule has 5 nitrogen and oxygen atoms in total. The standard InChI is InChI=1S/C23H23FN2O3/c1-26(2)11-12-29-22-10-9-19(15-21(22)24)25-23(28)18-7-3-5-16(13-18)17-6-4-8-20(27)14-17/h3-10,13-15,27H,11-12H2,1-2H3,(H,25,28). The lowest BCUT2D eigenvalue weighted by atomic mass is 10.0. The molecule has 0 spiro atoms. The van der Waals surface area contributed by atoms with Crippen LogP contribution in [-0.2, 0) is 0 Å². The van der Waals surface area contributed by atoms with Gasteiger partial charge < -0.3 is 20.1 Å². The lowest BCUT2D eigenvalue weighted by molar-refractivity contribution is 0.102. The number of rotatable bonds is 7. The van der Waals surface area contributed by atoms with Crippen LogP contribution in [0.3, 0.4) is 0 Å². The number of nitrogens with one attached hydrogen (secondary N) is 1. The average Bonchev–Trinajstić information content (AvgIpc) is 2.69. The second-order valence-corrected chi connectivity index (χ2v) is 6.88. The number of hydrogen-bond acceptors (Lipinski definition) is 4. The largest absolute Gasteiger partial charge is 0.508 e. The van der Waals surface area contributed by atoms with Crippen LogP contribution in [0.5, 0.6) is 11.5 Å². The molecule has 0 bridgehead atoms. The van der Waals surface area contributed by atoms with E-state index in [1.165, 1.54) is 12.1 Å². The Bertz CT molecular complexity index is 1000. The molecule has 0 aliphatic carbocycles. The molecule has 0 aromatic heterocycles. The van der Waals surface area contributed by atoms with Crippen molar-refractivity contribution >= 4 is 11.6 Å². The fraction of sp³-hybridized carbons (Fsp3) is 0.174. The first-order valence-electron chi connectivity index (χ1n) is 9.20. The van der Waals surface area contributed by atoms with Crippen molar-refractivity contribution < 1.29 is 19.0 Å². The van der Waals surface area contributed by atoms with Crippen LogP contribution in [-0.4, -0.2) is 43.2 Å². The fourth-order valence-corrected chi connectivity index (χ4v) is 2.76. The molecule has 0 saturated heterocycles. The monoisotopic (exact) mass is 394 g/mol. The number of carbonyl (C=O) groups excluding carboxylic acids is 1. The number of phenols is 1. The van der Waals surface area contributed by atoms with E-state index in [1.807, 2.05) is 31.1 Å². The number of benzene rings is 3. The maximum Gasteiger partial charge on any atom is 0.255 e. The molecule has 0 fully saturated rings. The molecule has 0 saturated carbocycles. The third kappa shape index (κ3) is 5.56. The molecular weight excluding hydrogens is 371 g/mol. The third-order valence-electron chi connectivity index (χ3n) is 4.29. The molecule has 3 aromatic rings.